The van der Waals surface area contributed by atoms with E-state index < -0.39 is 0 Å². The van der Waals surface area contributed by atoms with Crippen molar-refractivity contribution in [3.63, 3.8) is 0 Å². The fourth-order valence-corrected chi connectivity index (χ4v) is 2.63. The van der Waals surface area contributed by atoms with Gasteiger partial charge in [0.1, 0.15) is 11.9 Å². The van der Waals surface area contributed by atoms with Crippen molar-refractivity contribution < 1.29 is 4.39 Å². The lowest BCUT2D eigenvalue weighted by Crippen LogP contribution is -2.08. The SMILES string of the molecule is N#Cc1ccccc1NC1CCc2cc(F)ccc21. The highest BCUT2D eigenvalue weighted by Gasteiger charge is 2.23. The van der Waals surface area contributed by atoms with Crippen LogP contribution in [-0.4, -0.2) is 0 Å². The van der Waals surface area contributed by atoms with Crippen molar-refractivity contribution in [2.75, 3.05) is 5.32 Å². The molecule has 3 rings (SSSR count). The van der Waals surface area contributed by atoms with Crippen LogP contribution in [0.15, 0.2) is 42.5 Å². The van der Waals surface area contributed by atoms with E-state index in [2.05, 4.69) is 11.4 Å². The first-order valence-corrected chi connectivity index (χ1v) is 6.32. The van der Waals surface area contributed by atoms with Crippen LogP contribution in [0.25, 0.3) is 0 Å². The number of nitriles is 1. The molecule has 0 saturated heterocycles. The molecule has 2 aromatic rings. The Morgan fingerprint density at radius 1 is 1.21 bits per heavy atom. The Labute approximate surface area is 111 Å². The fourth-order valence-electron chi connectivity index (χ4n) is 2.63. The lowest BCUT2D eigenvalue weighted by Gasteiger charge is -2.16. The molecule has 0 amide bonds. The molecule has 19 heavy (non-hydrogen) atoms. The number of fused-ring (bicyclic) bond motifs is 1. The van der Waals surface area contributed by atoms with Crippen molar-refractivity contribution in [2.45, 2.75) is 18.9 Å². The number of rotatable bonds is 2. The standard InChI is InChI=1S/C16H13FN2/c17-13-6-7-14-11(9-13)5-8-16(14)19-15-4-2-1-3-12(15)10-18/h1-4,6-7,9,16,19H,5,8H2. The van der Waals surface area contributed by atoms with Crippen LogP contribution in [0.2, 0.25) is 0 Å². The number of hydrogen-bond acceptors (Lipinski definition) is 2. The Hall–Kier alpha value is -2.34. The number of nitrogens with zero attached hydrogens (tertiary/aromatic N) is 1. The van der Waals surface area contributed by atoms with Crippen molar-refractivity contribution >= 4 is 5.69 Å². The minimum Gasteiger partial charge on any atom is -0.377 e. The highest BCUT2D eigenvalue weighted by atomic mass is 19.1. The molecule has 1 atom stereocenters. The number of halogens is 1. The average Bonchev–Trinajstić information content (AvgIpc) is 2.82. The molecule has 0 saturated carbocycles. The molecule has 3 heteroatoms. The van der Waals surface area contributed by atoms with Crippen molar-refractivity contribution in [3.05, 3.63) is 65.0 Å². The second-order valence-corrected chi connectivity index (χ2v) is 4.74. The molecule has 1 aliphatic carbocycles. The molecule has 0 fully saturated rings. The molecule has 94 valence electrons. The van der Waals surface area contributed by atoms with E-state index in [9.17, 15) is 4.39 Å². The topological polar surface area (TPSA) is 35.8 Å². The third-order valence-corrected chi connectivity index (χ3v) is 3.56. The number of anilines is 1. The van der Waals surface area contributed by atoms with E-state index in [0.29, 0.717) is 5.56 Å². The quantitative estimate of drug-likeness (QED) is 0.882. The number of para-hydroxylation sites is 1. The lowest BCUT2D eigenvalue weighted by molar-refractivity contribution is 0.626. The maximum absolute atomic E-state index is 13.2. The average molecular weight is 252 g/mol. The van der Waals surface area contributed by atoms with Gasteiger partial charge < -0.3 is 5.32 Å². The minimum absolute atomic E-state index is 0.157. The Morgan fingerprint density at radius 2 is 2.05 bits per heavy atom. The van der Waals surface area contributed by atoms with Gasteiger partial charge in [-0.1, -0.05) is 18.2 Å². The summed E-state index contributed by atoms with van der Waals surface area (Å²) in [5, 5.41) is 12.5. The number of aryl methyl sites for hydroxylation is 1. The summed E-state index contributed by atoms with van der Waals surface area (Å²) in [6, 6.07) is 14.7. The maximum atomic E-state index is 13.2. The molecular formula is C16H13FN2. The molecule has 0 heterocycles. The summed E-state index contributed by atoms with van der Waals surface area (Å²) >= 11 is 0. The van der Waals surface area contributed by atoms with Gasteiger partial charge in [0.2, 0.25) is 0 Å². The first-order valence-electron chi connectivity index (χ1n) is 6.32. The molecule has 2 aromatic carbocycles. The van der Waals surface area contributed by atoms with Crippen LogP contribution >= 0.6 is 0 Å². The molecule has 0 bridgehead atoms. The van der Waals surface area contributed by atoms with E-state index in [-0.39, 0.29) is 11.9 Å². The van der Waals surface area contributed by atoms with Gasteiger partial charge in [-0.25, -0.2) is 4.39 Å². The molecule has 0 aromatic heterocycles. The van der Waals surface area contributed by atoms with Gasteiger partial charge in [0.25, 0.3) is 0 Å². The zero-order valence-corrected chi connectivity index (χ0v) is 10.4. The molecule has 2 nitrogen and oxygen atoms in total. The van der Waals surface area contributed by atoms with Gasteiger partial charge >= 0.3 is 0 Å². The largest absolute Gasteiger partial charge is 0.377 e. The van der Waals surface area contributed by atoms with E-state index in [1.54, 1.807) is 12.1 Å². The molecular weight excluding hydrogens is 239 g/mol. The summed E-state index contributed by atoms with van der Waals surface area (Å²) in [7, 11) is 0. The summed E-state index contributed by atoms with van der Waals surface area (Å²) in [6.07, 6.45) is 1.80. The van der Waals surface area contributed by atoms with Gasteiger partial charge in [-0.3, -0.25) is 0 Å². The number of benzene rings is 2. The predicted octanol–water partition coefficient (Wildman–Crippen LogP) is 3.80. The predicted molar refractivity (Wildman–Crippen MR) is 72.2 cm³/mol. The van der Waals surface area contributed by atoms with Crippen LogP contribution in [0.3, 0.4) is 0 Å². The first kappa shape index (κ1) is 11.7. The summed E-state index contributed by atoms with van der Waals surface area (Å²) in [5.74, 6) is -0.183. The third-order valence-electron chi connectivity index (χ3n) is 3.56. The van der Waals surface area contributed by atoms with Gasteiger partial charge in [0.05, 0.1) is 17.3 Å². The number of nitrogens with one attached hydrogen (secondary N) is 1. The zero-order chi connectivity index (χ0) is 13.2. The molecule has 0 aliphatic heterocycles. The van der Waals surface area contributed by atoms with Crippen molar-refractivity contribution in [3.8, 4) is 6.07 Å². The lowest BCUT2D eigenvalue weighted by atomic mass is 10.1. The van der Waals surface area contributed by atoms with Crippen LogP contribution in [0.4, 0.5) is 10.1 Å². The molecule has 1 aliphatic rings. The van der Waals surface area contributed by atoms with Gasteiger partial charge in [0, 0.05) is 0 Å². The normalized spacial score (nSPS) is 16.7. The first-order chi connectivity index (χ1) is 9.28. The van der Waals surface area contributed by atoms with Crippen LogP contribution < -0.4 is 5.32 Å². The summed E-state index contributed by atoms with van der Waals surface area (Å²) in [4.78, 5) is 0. The van der Waals surface area contributed by atoms with Gasteiger partial charge in [0.15, 0.2) is 0 Å². The van der Waals surface area contributed by atoms with Crippen LogP contribution in [0, 0.1) is 17.1 Å². The Morgan fingerprint density at radius 3 is 2.89 bits per heavy atom. The summed E-state index contributed by atoms with van der Waals surface area (Å²) in [5.41, 5.74) is 3.67. The Kier molecular flexibility index (Phi) is 2.92. The molecule has 1 unspecified atom stereocenters. The van der Waals surface area contributed by atoms with E-state index >= 15 is 0 Å². The van der Waals surface area contributed by atoms with E-state index in [1.165, 1.54) is 6.07 Å². The van der Waals surface area contributed by atoms with Gasteiger partial charge in [-0.15, -0.1) is 0 Å². The van der Waals surface area contributed by atoms with Crippen LogP contribution in [0.5, 0.6) is 0 Å². The highest BCUT2D eigenvalue weighted by Crippen LogP contribution is 2.34. The second-order valence-electron chi connectivity index (χ2n) is 4.74. The van der Waals surface area contributed by atoms with Crippen molar-refractivity contribution in [2.24, 2.45) is 0 Å². The summed E-state index contributed by atoms with van der Waals surface area (Å²) < 4.78 is 13.2. The monoisotopic (exact) mass is 252 g/mol. The number of hydrogen-bond donors (Lipinski definition) is 1. The summed E-state index contributed by atoms with van der Waals surface area (Å²) in [6.45, 7) is 0. The van der Waals surface area contributed by atoms with E-state index in [4.69, 9.17) is 5.26 Å². The molecule has 0 spiro atoms. The van der Waals surface area contributed by atoms with Crippen LogP contribution in [-0.2, 0) is 6.42 Å². The van der Waals surface area contributed by atoms with E-state index in [0.717, 1.165) is 29.7 Å². The minimum atomic E-state index is -0.183. The zero-order valence-electron chi connectivity index (χ0n) is 10.4. The van der Waals surface area contributed by atoms with Crippen molar-refractivity contribution in [1.29, 1.82) is 5.26 Å². The fraction of sp³-hybridized carbons (Fsp3) is 0.188. The Balaban J connectivity index is 1.89. The second kappa shape index (κ2) is 4.74. The molecule has 1 N–H and O–H groups in total. The highest BCUT2D eigenvalue weighted by molar-refractivity contribution is 5.59. The Bertz CT molecular complexity index is 658. The smallest absolute Gasteiger partial charge is 0.123 e. The maximum Gasteiger partial charge on any atom is 0.123 e. The third kappa shape index (κ3) is 2.17. The van der Waals surface area contributed by atoms with Gasteiger partial charge in [-0.2, -0.15) is 5.26 Å². The molecule has 0 radical (unpaired) electrons. The van der Waals surface area contributed by atoms with Gasteiger partial charge in [-0.05, 0) is 48.2 Å². The van der Waals surface area contributed by atoms with Crippen molar-refractivity contribution in [1.82, 2.24) is 0 Å². The van der Waals surface area contributed by atoms with Crippen LogP contribution in [0.1, 0.15) is 29.2 Å². The van der Waals surface area contributed by atoms with E-state index in [1.807, 2.05) is 24.3 Å².